The number of hydrogen-bond donors (Lipinski definition) is 0. The lowest BCUT2D eigenvalue weighted by Gasteiger charge is -2.12. The summed E-state index contributed by atoms with van der Waals surface area (Å²) in [6.45, 7) is 0.715. The lowest BCUT2D eigenvalue weighted by atomic mass is 10.2. The summed E-state index contributed by atoms with van der Waals surface area (Å²) in [7, 11) is 0. The number of rotatable bonds is 8. The molecule has 4 rings (SSSR count). The van der Waals surface area contributed by atoms with Crippen LogP contribution in [0.25, 0.3) is 12.2 Å². The molecule has 0 atom stereocenters. The van der Waals surface area contributed by atoms with E-state index in [4.69, 9.17) is 9.47 Å². The Morgan fingerprint density at radius 2 is 1.29 bits per heavy atom. The monoisotopic (exact) mass is 412 g/mol. The molecule has 0 saturated carbocycles. The lowest BCUT2D eigenvalue weighted by molar-refractivity contribution is 0.244. The highest BCUT2D eigenvalue weighted by Crippen LogP contribution is 2.27. The molecule has 154 valence electrons. The smallest absolute Gasteiger partial charge is 0.276 e. The summed E-state index contributed by atoms with van der Waals surface area (Å²) >= 11 is 0. The molecule has 0 spiro atoms. The molecule has 0 fully saturated rings. The highest BCUT2D eigenvalue weighted by molar-refractivity contribution is 5.68. The van der Waals surface area contributed by atoms with Crippen molar-refractivity contribution < 1.29 is 13.9 Å². The van der Waals surface area contributed by atoms with Gasteiger partial charge in [0.05, 0.1) is 5.69 Å². The van der Waals surface area contributed by atoms with Gasteiger partial charge in [0.2, 0.25) is 0 Å². The van der Waals surface area contributed by atoms with Crippen molar-refractivity contribution in [1.82, 2.24) is 10.2 Å². The van der Waals surface area contributed by atoms with Gasteiger partial charge < -0.3 is 9.47 Å². The molecule has 1 heterocycles. The maximum atomic E-state index is 13.9. The second-order valence-corrected chi connectivity index (χ2v) is 6.84. The van der Waals surface area contributed by atoms with E-state index < -0.39 is 0 Å². The van der Waals surface area contributed by atoms with Crippen LogP contribution in [0.3, 0.4) is 0 Å². The predicted molar refractivity (Wildman–Crippen MR) is 119 cm³/mol. The number of hydrogen-bond acceptors (Lipinski definition) is 4. The van der Waals surface area contributed by atoms with Crippen LogP contribution in [0.1, 0.15) is 22.4 Å². The topological polar surface area (TPSA) is 44.2 Å². The first kappa shape index (κ1) is 20.3. The van der Waals surface area contributed by atoms with E-state index in [0.717, 1.165) is 11.1 Å². The normalized spacial score (nSPS) is 10.9. The van der Waals surface area contributed by atoms with Crippen LogP contribution in [0.2, 0.25) is 0 Å². The minimum absolute atomic E-state index is 0.296. The maximum Gasteiger partial charge on any atom is 0.276 e. The Morgan fingerprint density at radius 1 is 0.677 bits per heavy atom. The second kappa shape index (κ2) is 10.2. The molecule has 0 aliphatic heterocycles. The average Bonchev–Trinajstić information content (AvgIpc) is 2.83. The van der Waals surface area contributed by atoms with E-state index in [2.05, 4.69) is 10.2 Å². The molecule has 31 heavy (non-hydrogen) atoms. The summed E-state index contributed by atoms with van der Waals surface area (Å²) < 4.78 is 25.7. The second-order valence-electron chi connectivity index (χ2n) is 6.84. The third-order valence-corrected chi connectivity index (χ3v) is 4.54. The molecule has 0 unspecified atom stereocenters. The van der Waals surface area contributed by atoms with Crippen molar-refractivity contribution in [3.8, 4) is 11.6 Å². The van der Waals surface area contributed by atoms with E-state index in [-0.39, 0.29) is 5.82 Å². The molecule has 0 N–H and O–H groups in total. The van der Waals surface area contributed by atoms with Crippen molar-refractivity contribution in [3.05, 3.63) is 119 Å². The summed E-state index contributed by atoms with van der Waals surface area (Å²) in [5.41, 5.74) is 3.05. The van der Waals surface area contributed by atoms with Gasteiger partial charge >= 0.3 is 0 Å². The quantitative estimate of drug-likeness (QED) is 0.359. The van der Waals surface area contributed by atoms with Crippen LogP contribution < -0.4 is 9.47 Å². The van der Waals surface area contributed by atoms with E-state index in [1.54, 1.807) is 36.4 Å². The van der Waals surface area contributed by atoms with Crippen LogP contribution in [0.15, 0.2) is 91.0 Å². The van der Waals surface area contributed by atoms with Crippen molar-refractivity contribution in [2.45, 2.75) is 13.2 Å². The van der Waals surface area contributed by atoms with Gasteiger partial charge in [-0.15, -0.1) is 10.2 Å². The van der Waals surface area contributed by atoms with E-state index in [1.165, 1.54) is 6.07 Å². The Hall–Kier alpha value is -3.99. The van der Waals surface area contributed by atoms with Crippen LogP contribution in [0, 0.1) is 5.82 Å². The summed E-state index contributed by atoms with van der Waals surface area (Å²) in [4.78, 5) is 0. The number of benzene rings is 3. The molecule has 0 aliphatic rings. The molecule has 3 aromatic carbocycles. The molecule has 0 saturated heterocycles. The van der Waals surface area contributed by atoms with Crippen LogP contribution >= 0.6 is 0 Å². The number of halogens is 1. The number of aromatic nitrogens is 2. The van der Waals surface area contributed by atoms with Crippen LogP contribution in [-0.2, 0) is 13.2 Å². The molecule has 0 aliphatic carbocycles. The predicted octanol–water partition coefficient (Wildman–Crippen LogP) is 5.94. The summed E-state index contributed by atoms with van der Waals surface area (Å²) in [5, 5.41) is 8.39. The molecule has 1 aromatic heterocycles. The standard InChI is InChI=1S/C26H21FN2O2/c27-24-14-8-7-13-22(24)15-16-23-17-25(30-18-20-9-3-1-4-10-20)26(29-28-23)31-19-21-11-5-2-6-12-21/h1-17H,18-19H2. The van der Waals surface area contributed by atoms with E-state index in [0.29, 0.717) is 36.1 Å². The molecule has 0 bridgehead atoms. The highest BCUT2D eigenvalue weighted by atomic mass is 19.1. The van der Waals surface area contributed by atoms with Gasteiger partial charge in [-0.05, 0) is 29.3 Å². The first-order valence-electron chi connectivity index (χ1n) is 9.92. The minimum atomic E-state index is -0.296. The van der Waals surface area contributed by atoms with Gasteiger partial charge in [0.25, 0.3) is 5.88 Å². The van der Waals surface area contributed by atoms with Crippen LogP contribution in [0.5, 0.6) is 11.6 Å². The van der Waals surface area contributed by atoms with Crippen molar-refractivity contribution in [2.24, 2.45) is 0 Å². The van der Waals surface area contributed by atoms with Crippen LogP contribution in [0.4, 0.5) is 4.39 Å². The van der Waals surface area contributed by atoms with E-state index in [1.807, 2.05) is 60.7 Å². The SMILES string of the molecule is Fc1ccccc1C=Cc1cc(OCc2ccccc2)c(OCc2ccccc2)nn1. The van der Waals surface area contributed by atoms with Gasteiger partial charge in [0.1, 0.15) is 19.0 Å². The van der Waals surface area contributed by atoms with E-state index >= 15 is 0 Å². The van der Waals surface area contributed by atoms with Crippen molar-refractivity contribution >= 4 is 12.2 Å². The molecule has 0 amide bonds. The number of ether oxygens (including phenoxy) is 2. The van der Waals surface area contributed by atoms with Gasteiger partial charge in [-0.25, -0.2) is 4.39 Å². The Labute approximate surface area is 180 Å². The number of nitrogens with zero attached hydrogens (tertiary/aromatic N) is 2. The van der Waals surface area contributed by atoms with Gasteiger partial charge in [-0.2, -0.15) is 0 Å². The van der Waals surface area contributed by atoms with Crippen LogP contribution in [-0.4, -0.2) is 10.2 Å². The minimum Gasteiger partial charge on any atom is -0.483 e. The Bertz CT molecular complexity index is 1150. The molecule has 5 heteroatoms. The third-order valence-electron chi connectivity index (χ3n) is 4.54. The Kier molecular flexibility index (Phi) is 6.65. The maximum absolute atomic E-state index is 13.9. The van der Waals surface area contributed by atoms with Crippen molar-refractivity contribution in [1.29, 1.82) is 0 Å². The van der Waals surface area contributed by atoms with Gasteiger partial charge in [-0.1, -0.05) is 78.9 Å². The van der Waals surface area contributed by atoms with Gasteiger partial charge in [0, 0.05) is 11.6 Å². The zero-order valence-corrected chi connectivity index (χ0v) is 16.8. The summed E-state index contributed by atoms with van der Waals surface area (Å²) in [6, 6.07) is 27.9. The largest absolute Gasteiger partial charge is 0.483 e. The molecule has 0 radical (unpaired) electrons. The first-order valence-corrected chi connectivity index (χ1v) is 9.92. The Balaban J connectivity index is 1.55. The fourth-order valence-corrected chi connectivity index (χ4v) is 2.91. The molecule has 4 nitrogen and oxygen atoms in total. The van der Waals surface area contributed by atoms with Gasteiger partial charge in [-0.3, -0.25) is 0 Å². The van der Waals surface area contributed by atoms with E-state index in [9.17, 15) is 4.39 Å². The van der Waals surface area contributed by atoms with Gasteiger partial charge in [0.15, 0.2) is 5.75 Å². The first-order chi connectivity index (χ1) is 15.3. The zero-order valence-electron chi connectivity index (χ0n) is 16.8. The summed E-state index contributed by atoms with van der Waals surface area (Å²) in [6.07, 6.45) is 3.35. The fourth-order valence-electron chi connectivity index (χ4n) is 2.91. The molecular weight excluding hydrogens is 391 g/mol. The van der Waals surface area contributed by atoms with Crippen molar-refractivity contribution in [3.63, 3.8) is 0 Å². The Morgan fingerprint density at radius 3 is 1.97 bits per heavy atom. The lowest BCUT2D eigenvalue weighted by Crippen LogP contribution is -2.04. The highest BCUT2D eigenvalue weighted by Gasteiger charge is 2.11. The summed E-state index contributed by atoms with van der Waals surface area (Å²) in [5.74, 6) is 0.487. The molecule has 4 aromatic rings. The zero-order chi connectivity index (χ0) is 21.3. The average molecular weight is 412 g/mol. The third kappa shape index (κ3) is 5.76. The molecular formula is C26H21FN2O2. The van der Waals surface area contributed by atoms with Crippen molar-refractivity contribution in [2.75, 3.05) is 0 Å². The fraction of sp³-hybridized carbons (Fsp3) is 0.0769.